The molecular formula is C19H20N2O4. The van der Waals surface area contributed by atoms with Crippen LogP contribution in [-0.4, -0.2) is 36.0 Å². The number of aromatic hydroxyl groups is 1. The summed E-state index contributed by atoms with van der Waals surface area (Å²) in [6.45, 7) is 1.46. The summed E-state index contributed by atoms with van der Waals surface area (Å²) in [5.41, 5.74) is 2.31. The number of carbonyl (C=O) groups excluding carboxylic acids is 1. The highest BCUT2D eigenvalue weighted by Gasteiger charge is 2.33. The van der Waals surface area contributed by atoms with Crippen LogP contribution in [0, 0.1) is 0 Å². The van der Waals surface area contributed by atoms with Crippen molar-refractivity contribution in [1.82, 2.24) is 5.01 Å². The van der Waals surface area contributed by atoms with Gasteiger partial charge in [-0.25, -0.2) is 5.01 Å². The summed E-state index contributed by atoms with van der Waals surface area (Å²) in [5.74, 6) is 0.981. The minimum Gasteiger partial charge on any atom is -0.504 e. The van der Waals surface area contributed by atoms with E-state index < -0.39 is 0 Å². The molecule has 0 saturated carbocycles. The Bertz CT molecular complexity index is 815. The predicted octanol–water partition coefficient (Wildman–Crippen LogP) is 3.11. The third-order valence-electron chi connectivity index (χ3n) is 4.27. The molecule has 6 heteroatoms. The Kier molecular flexibility index (Phi) is 4.61. The summed E-state index contributed by atoms with van der Waals surface area (Å²) in [6, 6.07) is 12.4. The maximum Gasteiger partial charge on any atom is 0.240 e. The van der Waals surface area contributed by atoms with E-state index >= 15 is 0 Å². The Morgan fingerprint density at radius 1 is 1.16 bits per heavy atom. The first-order valence-electron chi connectivity index (χ1n) is 7.92. The Labute approximate surface area is 146 Å². The molecule has 2 aromatic carbocycles. The molecule has 0 aliphatic carbocycles. The molecule has 0 aromatic heterocycles. The second-order valence-electron chi connectivity index (χ2n) is 5.76. The minimum absolute atomic E-state index is 0.0347. The molecule has 1 atom stereocenters. The summed E-state index contributed by atoms with van der Waals surface area (Å²) in [7, 11) is 3.11. The average molecular weight is 340 g/mol. The number of ether oxygens (including phenoxy) is 2. The molecule has 1 aliphatic rings. The maximum atomic E-state index is 12.1. The van der Waals surface area contributed by atoms with Gasteiger partial charge in [0.25, 0.3) is 0 Å². The van der Waals surface area contributed by atoms with Crippen LogP contribution in [0.2, 0.25) is 0 Å². The minimum atomic E-state index is -0.371. The number of carbonyl (C=O) groups is 1. The van der Waals surface area contributed by atoms with Crippen molar-refractivity contribution in [3.63, 3.8) is 0 Å². The molecule has 130 valence electrons. The number of nitrogens with zero attached hydrogens (tertiary/aromatic N) is 2. The summed E-state index contributed by atoms with van der Waals surface area (Å²) >= 11 is 0. The van der Waals surface area contributed by atoms with Gasteiger partial charge in [-0.1, -0.05) is 12.1 Å². The van der Waals surface area contributed by atoms with E-state index in [2.05, 4.69) is 5.10 Å². The van der Waals surface area contributed by atoms with E-state index in [1.54, 1.807) is 25.3 Å². The average Bonchev–Trinajstić information content (AvgIpc) is 3.07. The zero-order chi connectivity index (χ0) is 18.0. The SMILES string of the molecule is COc1ccc(C2=NN(C(C)=O)[C@@H](c3cccc(OC)c3O)C2)cc1. The number of para-hydroxylation sites is 1. The van der Waals surface area contributed by atoms with Crippen molar-refractivity contribution in [1.29, 1.82) is 0 Å². The molecule has 1 heterocycles. The first-order valence-corrected chi connectivity index (χ1v) is 7.92. The summed E-state index contributed by atoms with van der Waals surface area (Å²) < 4.78 is 10.3. The van der Waals surface area contributed by atoms with Crippen LogP contribution in [0.5, 0.6) is 17.2 Å². The lowest BCUT2D eigenvalue weighted by Gasteiger charge is -2.22. The monoisotopic (exact) mass is 340 g/mol. The van der Waals surface area contributed by atoms with Crippen LogP contribution >= 0.6 is 0 Å². The zero-order valence-corrected chi connectivity index (χ0v) is 14.4. The fraction of sp³-hybridized carbons (Fsp3) is 0.263. The van der Waals surface area contributed by atoms with Crippen molar-refractivity contribution in [2.24, 2.45) is 5.10 Å². The van der Waals surface area contributed by atoms with E-state index in [0.717, 1.165) is 17.0 Å². The van der Waals surface area contributed by atoms with Crippen molar-refractivity contribution in [2.45, 2.75) is 19.4 Å². The van der Waals surface area contributed by atoms with Gasteiger partial charge in [0, 0.05) is 18.9 Å². The van der Waals surface area contributed by atoms with Gasteiger partial charge >= 0.3 is 0 Å². The highest BCUT2D eigenvalue weighted by molar-refractivity contribution is 6.03. The van der Waals surface area contributed by atoms with E-state index in [0.29, 0.717) is 17.7 Å². The highest BCUT2D eigenvalue weighted by Crippen LogP contribution is 2.41. The van der Waals surface area contributed by atoms with Crippen molar-refractivity contribution < 1.29 is 19.4 Å². The highest BCUT2D eigenvalue weighted by atomic mass is 16.5. The molecule has 1 N–H and O–H groups in total. The molecule has 25 heavy (non-hydrogen) atoms. The van der Waals surface area contributed by atoms with Crippen molar-refractivity contribution in [3.8, 4) is 17.2 Å². The summed E-state index contributed by atoms with van der Waals surface area (Å²) in [5, 5.41) is 16.3. The third-order valence-corrected chi connectivity index (χ3v) is 4.27. The zero-order valence-electron chi connectivity index (χ0n) is 14.4. The molecule has 1 aliphatic heterocycles. The van der Waals surface area contributed by atoms with Crippen LogP contribution in [0.25, 0.3) is 0 Å². The lowest BCUT2D eigenvalue weighted by Crippen LogP contribution is -2.24. The number of phenols is 1. The van der Waals surface area contributed by atoms with Gasteiger partial charge in [0.1, 0.15) is 5.75 Å². The van der Waals surface area contributed by atoms with Gasteiger partial charge in [-0.15, -0.1) is 0 Å². The topological polar surface area (TPSA) is 71.4 Å². The van der Waals surface area contributed by atoms with E-state index in [9.17, 15) is 9.90 Å². The number of phenolic OH excluding ortho intramolecular Hbond substituents is 1. The Balaban J connectivity index is 1.96. The summed E-state index contributed by atoms with van der Waals surface area (Å²) in [6.07, 6.45) is 0.507. The molecule has 0 spiro atoms. The molecule has 3 rings (SSSR count). The molecule has 0 unspecified atom stereocenters. The second kappa shape index (κ2) is 6.84. The van der Waals surface area contributed by atoms with Gasteiger partial charge in [0.05, 0.1) is 26.0 Å². The Morgan fingerprint density at radius 3 is 2.48 bits per heavy atom. The molecule has 0 radical (unpaired) electrons. The van der Waals surface area contributed by atoms with E-state index in [1.807, 2.05) is 24.3 Å². The number of methoxy groups -OCH3 is 2. The van der Waals surface area contributed by atoms with Crippen molar-refractivity contribution >= 4 is 11.6 Å². The van der Waals surface area contributed by atoms with Crippen LogP contribution in [0.4, 0.5) is 0 Å². The van der Waals surface area contributed by atoms with Crippen LogP contribution < -0.4 is 9.47 Å². The number of benzene rings is 2. The van der Waals surface area contributed by atoms with Crippen LogP contribution in [0.3, 0.4) is 0 Å². The fourth-order valence-electron chi connectivity index (χ4n) is 2.97. The van der Waals surface area contributed by atoms with Crippen molar-refractivity contribution in [3.05, 3.63) is 53.6 Å². The van der Waals surface area contributed by atoms with Crippen LogP contribution in [0.15, 0.2) is 47.6 Å². The molecule has 0 saturated heterocycles. The first-order chi connectivity index (χ1) is 12.0. The molecule has 0 fully saturated rings. The number of hydrogen-bond acceptors (Lipinski definition) is 5. The van der Waals surface area contributed by atoms with Crippen LogP contribution in [-0.2, 0) is 4.79 Å². The maximum absolute atomic E-state index is 12.1. The smallest absolute Gasteiger partial charge is 0.240 e. The van der Waals surface area contributed by atoms with E-state index in [1.165, 1.54) is 19.0 Å². The number of hydrogen-bond donors (Lipinski definition) is 1. The largest absolute Gasteiger partial charge is 0.504 e. The molecule has 6 nitrogen and oxygen atoms in total. The third kappa shape index (κ3) is 3.15. The normalized spacial score (nSPS) is 16.5. The predicted molar refractivity (Wildman–Crippen MR) is 94.1 cm³/mol. The quantitative estimate of drug-likeness (QED) is 0.928. The Hall–Kier alpha value is -3.02. The van der Waals surface area contributed by atoms with Gasteiger partial charge in [-0.2, -0.15) is 5.10 Å². The number of amides is 1. The lowest BCUT2D eigenvalue weighted by molar-refractivity contribution is -0.130. The Morgan fingerprint density at radius 2 is 1.88 bits per heavy atom. The lowest BCUT2D eigenvalue weighted by atomic mass is 9.97. The molecular weight excluding hydrogens is 320 g/mol. The fourth-order valence-corrected chi connectivity index (χ4v) is 2.97. The van der Waals surface area contributed by atoms with Gasteiger partial charge in [0.2, 0.25) is 5.91 Å². The molecule has 0 bridgehead atoms. The second-order valence-corrected chi connectivity index (χ2v) is 5.76. The van der Waals surface area contributed by atoms with Gasteiger partial charge in [-0.3, -0.25) is 4.79 Å². The standard InChI is InChI=1S/C19H20N2O4/c1-12(22)21-17(15-5-4-6-18(25-3)19(15)23)11-16(20-21)13-7-9-14(24-2)10-8-13/h4-10,17,23H,11H2,1-3H3/t17-/m1/s1. The van der Waals surface area contributed by atoms with E-state index in [4.69, 9.17) is 9.47 Å². The number of rotatable bonds is 4. The summed E-state index contributed by atoms with van der Waals surface area (Å²) in [4.78, 5) is 12.1. The van der Waals surface area contributed by atoms with E-state index in [-0.39, 0.29) is 17.7 Å². The van der Waals surface area contributed by atoms with Gasteiger partial charge in [-0.05, 0) is 35.9 Å². The number of hydrazone groups is 1. The molecule has 2 aromatic rings. The first kappa shape index (κ1) is 16.8. The van der Waals surface area contributed by atoms with Crippen molar-refractivity contribution in [2.75, 3.05) is 14.2 Å². The van der Waals surface area contributed by atoms with Crippen LogP contribution in [0.1, 0.15) is 30.5 Å². The van der Waals surface area contributed by atoms with Gasteiger partial charge < -0.3 is 14.6 Å². The molecule has 1 amide bonds. The van der Waals surface area contributed by atoms with Gasteiger partial charge in [0.15, 0.2) is 11.5 Å².